The van der Waals surface area contributed by atoms with Gasteiger partial charge < -0.3 is 4.90 Å². The third kappa shape index (κ3) is 3.96. The predicted molar refractivity (Wildman–Crippen MR) is 79.0 cm³/mol. The minimum atomic E-state index is 0.179. The molecule has 1 saturated heterocycles. The summed E-state index contributed by atoms with van der Waals surface area (Å²) in [6.07, 6.45) is 9.16. The molecule has 2 rings (SSSR count). The van der Waals surface area contributed by atoms with Gasteiger partial charge in [-0.25, -0.2) is 0 Å². The summed E-state index contributed by atoms with van der Waals surface area (Å²) < 4.78 is 0. The van der Waals surface area contributed by atoms with Gasteiger partial charge in [0.15, 0.2) is 0 Å². The van der Waals surface area contributed by atoms with Gasteiger partial charge in [-0.3, -0.25) is 9.69 Å². The van der Waals surface area contributed by atoms with Gasteiger partial charge >= 0.3 is 0 Å². The number of piperidine rings is 1. The Kier molecular flexibility index (Phi) is 5.85. The van der Waals surface area contributed by atoms with Crippen molar-refractivity contribution in [2.45, 2.75) is 57.4 Å². The average molecular weight is 277 g/mol. The molecule has 1 saturated carbocycles. The van der Waals surface area contributed by atoms with Crippen molar-refractivity contribution in [3.05, 3.63) is 0 Å². The van der Waals surface area contributed by atoms with E-state index in [4.69, 9.17) is 5.26 Å². The fraction of sp³-hybridized carbons (Fsp3) is 0.875. The lowest BCUT2D eigenvalue weighted by Crippen LogP contribution is -2.47. The summed E-state index contributed by atoms with van der Waals surface area (Å²) in [4.78, 5) is 16.3. The Morgan fingerprint density at radius 2 is 2.05 bits per heavy atom. The van der Waals surface area contributed by atoms with Crippen LogP contribution in [0.1, 0.15) is 51.4 Å². The van der Waals surface area contributed by atoms with Crippen LogP contribution in [0.25, 0.3) is 0 Å². The molecule has 0 unspecified atom stereocenters. The Labute approximate surface area is 122 Å². The highest BCUT2D eigenvalue weighted by molar-refractivity contribution is 5.76. The number of amides is 1. The Morgan fingerprint density at radius 1 is 1.30 bits per heavy atom. The lowest BCUT2D eigenvalue weighted by molar-refractivity contribution is -0.130. The third-order valence-corrected chi connectivity index (χ3v) is 4.96. The number of rotatable bonds is 5. The zero-order valence-electron chi connectivity index (χ0n) is 12.7. The van der Waals surface area contributed by atoms with Crippen LogP contribution >= 0.6 is 0 Å². The second-order valence-electron chi connectivity index (χ2n) is 6.26. The van der Waals surface area contributed by atoms with Crippen LogP contribution in [0.15, 0.2) is 0 Å². The van der Waals surface area contributed by atoms with E-state index < -0.39 is 0 Å². The molecule has 20 heavy (non-hydrogen) atoms. The van der Waals surface area contributed by atoms with Gasteiger partial charge in [0.1, 0.15) is 0 Å². The summed E-state index contributed by atoms with van der Waals surface area (Å²) in [7, 11) is 1.80. The van der Waals surface area contributed by atoms with Crippen molar-refractivity contribution >= 4 is 5.91 Å². The van der Waals surface area contributed by atoms with E-state index in [1.807, 2.05) is 0 Å². The van der Waals surface area contributed by atoms with Crippen LogP contribution in [-0.4, -0.2) is 48.4 Å². The van der Waals surface area contributed by atoms with Crippen LogP contribution in [0.3, 0.4) is 0 Å². The molecular weight excluding hydrogens is 250 g/mol. The normalized spacial score (nSPS) is 26.6. The number of carbonyl (C=O) groups is 1. The molecule has 2 aliphatic rings. The highest BCUT2D eigenvalue weighted by Gasteiger charge is 2.33. The van der Waals surface area contributed by atoms with Crippen molar-refractivity contribution in [1.82, 2.24) is 9.80 Å². The van der Waals surface area contributed by atoms with E-state index >= 15 is 0 Å². The standard InChI is InChI=1S/C16H27N3O/c1-18(11-5-10-17)16(20)9-13-19-12-4-7-14-6-2-3-8-15(14)19/h14-15H,2-9,11-13H2,1H3/t14-,15-/m1/s1. The van der Waals surface area contributed by atoms with Crippen LogP contribution in [0.2, 0.25) is 0 Å². The Balaban J connectivity index is 1.77. The number of nitrogens with zero attached hydrogens (tertiary/aromatic N) is 3. The van der Waals surface area contributed by atoms with E-state index in [-0.39, 0.29) is 5.91 Å². The van der Waals surface area contributed by atoms with Crippen molar-refractivity contribution in [1.29, 1.82) is 5.26 Å². The topological polar surface area (TPSA) is 47.3 Å². The molecule has 0 aromatic rings. The maximum atomic E-state index is 12.0. The number of hydrogen-bond acceptors (Lipinski definition) is 3. The summed E-state index contributed by atoms with van der Waals surface area (Å²) in [5.74, 6) is 1.06. The summed E-state index contributed by atoms with van der Waals surface area (Å²) >= 11 is 0. The summed E-state index contributed by atoms with van der Waals surface area (Å²) in [5, 5.41) is 8.56. The fourth-order valence-corrected chi connectivity index (χ4v) is 3.78. The van der Waals surface area contributed by atoms with Gasteiger partial charge in [-0.15, -0.1) is 0 Å². The van der Waals surface area contributed by atoms with Crippen molar-refractivity contribution in [2.24, 2.45) is 5.92 Å². The van der Waals surface area contributed by atoms with Crippen molar-refractivity contribution in [3.63, 3.8) is 0 Å². The highest BCUT2D eigenvalue weighted by atomic mass is 16.2. The molecule has 0 bridgehead atoms. The second kappa shape index (κ2) is 7.64. The maximum Gasteiger partial charge on any atom is 0.223 e. The molecule has 0 aromatic carbocycles. The first-order valence-corrected chi connectivity index (χ1v) is 8.07. The minimum absolute atomic E-state index is 0.179. The number of fused-ring (bicyclic) bond motifs is 1. The number of likely N-dealkylation sites (tertiary alicyclic amines) is 1. The first-order valence-electron chi connectivity index (χ1n) is 8.07. The molecule has 1 aliphatic carbocycles. The molecular formula is C16H27N3O. The molecule has 4 nitrogen and oxygen atoms in total. The van der Waals surface area contributed by atoms with Gasteiger partial charge in [-0.1, -0.05) is 12.8 Å². The third-order valence-electron chi connectivity index (χ3n) is 4.96. The molecule has 112 valence electrons. The highest BCUT2D eigenvalue weighted by Crippen LogP contribution is 2.35. The first kappa shape index (κ1) is 15.3. The molecule has 4 heteroatoms. The monoisotopic (exact) mass is 277 g/mol. The van der Waals surface area contributed by atoms with E-state index in [0.717, 1.165) is 25.0 Å². The number of carbonyl (C=O) groups excluding carboxylic acids is 1. The fourth-order valence-electron chi connectivity index (χ4n) is 3.78. The van der Waals surface area contributed by atoms with E-state index in [9.17, 15) is 4.79 Å². The molecule has 1 heterocycles. The summed E-state index contributed by atoms with van der Waals surface area (Å²) in [6, 6.07) is 2.82. The predicted octanol–water partition coefficient (Wildman–Crippen LogP) is 2.40. The van der Waals surface area contributed by atoms with Crippen LogP contribution in [0, 0.1) is 17.2 Å². The van der Waals surface area contributed by atoms with Gasteiger partial charge in [0.25, 0.3) is 0 Å². The molecule has 0 radical (unpaired) electrons. The first-order chi connectivity index (χ1) is 9.72. The maximum absolute atomic E-state index is 12.0. The van der Waals surface area contributed by atoms with Crippen molar-refractivity contribution in [2.75, 3.05) is 26.7 Å². The second-order valence-corrected chi connectivity index (χ2v) is 6.26. The van der Waals surface area contributed by atoms with E-state index in [1.54, 1.807) is 11.9 Å². The van der Waals surface area contributed by atoms with Crippen molar-refractivity contribution < 1.29 is 4.79 Å². The average Bonchev–Trinajstić information content (AvgIpc) is 2.50. The Bertz CT molecular complexity index is 361. The van der Waals surface area contributed by atoms with E-state index in [1.165, 1.54) is 38.5 Å². The van der Waals surface area contributed by atoms with Crippen LogP contribution in [0.4, 0.5) is 0 Å². The van der Waals surface area contributed by atoms with Gasteiger partial charge in [0.05, 0.1) is 12.5 Å². The SMILES string of the molecule is CN(CCC#N)C(=O)CCN1CCC[C@H]2CCCC[C@H]21. The summed E-state index contributed by atoms with van der Waals surface area (Å²) in [5.41, 5.74) is 0. The Morgan fingerprint density at radius 3 is 2.85 bits per heavy atom. The zero-order chi connectivity index (χ0) is 14.4. The molecule has 1 amide bonds. The summed E-state index contributed by atoms with van der Waals surface area (Å²) in [6.45, 7) is 2.62. The van der Waals surface area contributed by atoms with Crippen LogP contribution in [-0.2, 0) is 4.79 Å². The minimum Gasteiger partial charge on any atom is -0.345 e. The van der Waals surface area contributed by atoms with Gasteiger partial charge in [0.2, 0.25) is 5.91 Å². The van der Waals surface area contributed by atoms with Gasteiger partial charge in [-0.2, -0.15) is 5.26 Å². The molecule has 2 fully saturated rings. The van der Waals surface area contributed by atoms with Crippen LogP contribution < -0.4 is 0 Å². The molecule has 0 N–H and O–H groups in total. The molecule has 2 atom stereocenters. The van der Waals surface area contributed by atoms with E-state index in [2.05, 4.69) is 11.0 Å². The lowest BCUT2D eigenvalue weighted by atomic mass is 9.78. The molecule has 1 aliphatic heterocycles. The largest absolute Gasteiger partial charge is 0.345 e. The molecule has 0 spiro atoms. The van der Waals surface area contributed by atoms with E-state index in [0.29, 0.717) is 19.4 Å². The smallest absolute Gasteiger partial charge is 0.223 e. The zero-order valence-corrected chi connectivity index (χ0v) is 12.7. The lowest BCUT2D eigenvalue weighted by Gasteiger charge is -2.44. The van der Waals surface area contributed by atoms with Crippen molar-refractivity contribution in [3.8, 4) is 6.07 Å². The number of hydrogen-bond donors (Lipinski definition) is 0. The Hall–Kier alpha value is -1.08. The van der Waals surface area contributed by atoms with Gasteiger partial charge in [-0.05, 0) is 38.1 Å². The number of nitriles is 1. The van der Waals surface area contributed by atoms with Gasteiger partial charge in [0, 0.05) is 32.6 Å². The molecule has 0 aromatic heterocycles. The quantitative estimate of drug-likeness (QED) is 0.775. The van der Waals surface area contributed by atoms with Crippen LogP contribution in [0.5, 0.6) is 0 Å².